The third-order valence-corrected chi connectivity index (χ3v) is 3.58. The van der Waals surface area contributed by atoms with Gasteiger partial charge in [0.15, 0.2) is 0 Å². The van der Waals surface area contributed by atoms with E-state index in [1.807, 2.05) is 12.1 Å². The molecule has 1 fully saturated rings. The number of benzene rings is 1. The van der Waals surface area contributed by atoms with Crippen molar-refractivity contribution in [2.75, 3.05) is 13.7 Å². The van der Waals surface area contributed by atoms with Crippen LogP contribution in [0.3, 0.4) is 0 Å². The summed E-state index contributed by atoms with van der Waals surface area (Å²) in [5.74, 6) is 0.440. The quantitative estimate of drug-likeness (QED) is 0.850. The van der Waals surface area contributed by atoms with Crippen LogP contribution < -0.4 is 5.32 Å². The molecule has 1 saturated carbocycles. The number of rotatable bonds is 6. The number of nitrogens with one attached hydrogen (secondary N) is 1. The summed E-state index contributed by atoms with van der Waals surface area (Å²) in [5, 5.41) is 14.0. The Bertz CT molecular complexity index is 610. The van der Waals surface area contributed by atoms with Crippen LogP contribution in [0.2, 0.25) is 0 Å². The van der Waals surface area contributed by atoms with Crippen molar-refractivity contribution in [3.05, 3.63) is 36.2 Å². The third-order valence-electron chi connectivity index (χ3n) is 3.58. The molecule has 1 atom stereocenters. The average molecular weight is 287 g/mol. The molecule has 7 heteroatoms. The fourth-order valence-electron chi connectivity index (χ4n) is 2.29. The number of hydrogen-bond donors (Lipinski definition) is 1. The van der Waals surface area contributed by atoms with Gasteiger partial charge in [0.25, 0.3) is 5.91 Å². The summed E-state index contributed by atoms with van der Waals surface area (Å²) in [6.07, 6.45) is 3.80. The topological polar surface area (TPSA) is 81.9 Å². The Morgan fingerprint density at radius 3 is 3.05 bits per heavy atom. The lowest BCUT2D eigenvalue weighted by atomic mass is 10.1. The zero-order valence-corrected chi connectivity index (χ0v) is 11.8. The maximum atomic E-state index is 12.4. The van der Waals surface area contributed by atoms with E-state index in [0.717, 1.165) is 18.5 Å². The van der Waals surface area contributed by atoms with Crippen LogP contribution in [0, 0.1) is 5.92 Å². The van der Waals surface area contributed by atoms with Gasteiger partial charge in [0.2, 0.25) is 0 Å². The van der Waals surface area contributed by atoms with Crippen molar-refractivity contribution in [3.8, 4) is 5.69 Å². The fourth-order valence-corrected chi connectivity index (χ4v) is 2.29. The third kappa shape index (κ3) is 3.25. The van der Waals surface area contributed by atoms with E-state index in [1.165, 1.54) is 11.0 Å². The number of amides is 1. The number of ether oxygens (including phenoxy) is 1. The molecule has 110 valence electrons. The van der Waals surface area contributed by atoms with Crippen molar-refractivity contribution in [2.24, 2.45) is 5.92 Å². The Morgan fingerprint density at radius 1 is 1.52 bits per heavy atom. The molecule has 3 rings (SSSR count). The lowest BCUT2D eigenvalue weighted by Gasteiger charge is -2.17. The van der Waals surface area contributed by atoms with E-state index in [9.17, 15) is 4.79 Å². The van der Waals surface area contributed by atoms with Crippen molar-refractivity contribution >= 4 is 5.91 Å². The number of hydrogen-bond acceptors (Lipinski definition) is 5. The molecule has 1 aliphatic carbocycles. The van der Waals surface area contributed by atoms with Gasteiger partial charge in [-0.15, -0.1) is 5.10 Å². The number of carbonyl (C=O) groups is 1. The Labute approximate surface area is 122 Å². The molecule has 1 unspecified atom stereocenters. The number of tetrazole rings is 1. The average Bonchev–Trinajstić information content (AvgIpc) is 3.21. The molecule has 1 N–H and O–H groups in total. The minimum atomic E-state index is -0.0983. The summed E-state index contributed by atoms with van der Waals surface area (Å²) in [7, 11) is 1.65. The van der Waals surface area contributed by atoms with Gasteiger partial charge in [-0.2, -0.15) is 0 Å². The molecule has 1 amide bonds. The highest BCUT2D eigenvalue weighted by Crippen LogP contribution is 2.32. The maximum absolute atomic E-state index is 12.4. The Balaban J connectivity index is 1.73. The van der Waals surface area contributed by atoms with Gasteiger partial charge in [-0.3, -0.25) is 4.79 Å². The molecule has 0 aliphatic heterocycles. The molecule has 1 aromatic heterocycles. The molecular formula is C14H17N5O2. The number of methoxy groups -OCH3 is 1. The highest BCUT2D eigenvalue weighted by Gasteiger charge is 2.32. The first-order valence-electron chi connectivity index (χ1n) is 6.91. The van der Waals surface area contributed by atoms with Gasteiger partial charge in [0.05, 0.1) is 18.3 Å². The smallest absolute Gasteiger partial charge is 0.251 e. The second kappa shape index (κ2) is 6.01. The molecule has 1 heterocycles. The van der Waals surface area contributed by atoms with Crippen LogP contribution in [-0.2, 0) is 4.74 Å². The lowest BCUT2D eigenvalue weighted by Crippen LogP contribution is -2.39. The molecule has 0 spiro atoms. The normalized spacial score (nSPS) is 15.7. The van der Waals surface area contributed by atoms with Crippen LogP contribution >= 0.6 is 0 Å². The van der Waals surface area contributed by atoms with E-state index in [1.54, 1.807) is 19.2 Å². The van der Waals surface area contributed by atoms with Crippen molar-refractivity contribution in [1.29, 1.82) is 0 Å². The Morgan fingerprint density at radius 2 is 2.38 bits per heavy atom. The van der Waals surface area contributed by atoms with Crippen molar-refractivity contribution < 1.29 is 9.53 Å². The molecule has 0 radical (unpaired) electrons. The zero-order valence-electron chi connectivity index (χ0n) is 11.8. The van der Waals surface area contributed by atoms with E-state index in [2.05, 4.69) is 20.8 Å². The fraction of sp³-hybridized carbons (Fsp3) is 0.429. The first-order valence-corrected chi connectivity index (χ1v) is 6.91. The monoisotopic (exact) mass is 287 g/mol. The second-order valence-corrected chi connectivity index (χ2v) is 5.18. The predicted octanol–water partition coefficient (Wildman–Crippen LogP) is 0.817. The second-order valence-electron chi connectivity index (χ2n) is 5.18. The van der Waals surface area contributed by atoms with Gasteiger partial charge >= 0.3 is 0 Å². The van der Waals surface area contributed by atoms with E-state index in [4.69, 9.17) is 4.74 Å². The van der Waals surface area contributed by atoms with Gasteiger partial charge in [-0.25, -0.2) is 4.68 Å². The summed E-state index contributed by atoms with van der Waals surface area (Å²) in [5.41, 5.74) is 1.34. The minimum Gasteiger partial charge on any atom is -0.383 e. The standard InChI is InChI=1S/C14H17N5O2/c1-21-8-13(10-5-6-10)16-14(20)11-3-2-4-12(7-11)19-9-15-17-18-19/h2-4,7,9-10,13H,5-6,8H2,1H3,(H,16,20). The Kier molecular flexibility index (Phi) is 3.92. The predicted molar refractivity (Wildman–Crippen MR) is 75.0 cm³/mol. The van der Waals surface area contributed by atoms with Gasteiger partial charge in [-0.1, -0.05) is 6.07 Å². The summed E-state index contributed by atoms with van der Waals surface area (Å²) in [6, 6.07) is 7.29. The molecule has 21 heavy (non-hydrogen) atoms. The summed E-state index contributed by atoms with van der Waals surface area (Å²) in [6.45, 7) is 0.545. The SMILES string of the molecule is COCC(NC(=O)c1cccc(-n2cnnn2)c1)C1CC1. The summed E-state index contributed by atoms with van der Waals surface area (Å²) >= 11 is 0. The number of aromatic nitrogens is 4. The van der Waals surface area contributed by atoms with Crippen LogP contribution in [0.1, 0.15) is 23.2 Å². The highest BCUT2D eigenvalue weighted by molar-refractivity contribution is 5.95. The van der Waals surface area contributed by atoms with Crippen LogP contribution in [0.15, 0.2) is 30.6 Å². The van der Waals surface area contributed by atoms with Crippen LogP contribution in [0.4, 0.5) is 0 Å². The molecular weight excluding hydrogens is 270 g/mol. The van der Waals surface area contributed by atoms with Crippen molar-refractivity contribution in [3.63, 3.8) is 0 Å². The van der Waals surface area contributed by atoms with E-state index in [0.29, 0.717) is 18.1 Å². The van der Waals surface area contributed by atoms with Crippen LogP contribution in [-0.4, -0.2) is 45.9 Å². The lowest BCUT2D eigenvalue weighted by molar-refractivity contribution is 0.0884. The number of nitrogens with zero attached hydrogens (tertiary/aromatic N) is 4. The first kappa shape index (κ1) is 13.7. The number of carbonyl (C=O) groups excluding carboxylic acids is 1. The maximum Gasteiger partial charge on any atom is 0.251 e. The van der Waals surface area contributed by atoms with E-state index >= 15 is 0 Å². The van der Waals surface area contributed by atoms with Crippen LogP contribution in [0.25, 0.3) is 5.69 Å². The van der Waals surface area contributed by atoms with Crippen LogP contribution in [0.5, 0.6) is 0 Å². The van der Waals surface area contributed by atoms with Crippen molar-refractivity contribution in [1.82, 2.24) is 25.5 Å². The van der Waals surface area contributed by atoms with Crippen molar-refractivity contribution in [2.45, 2.75) is 18.9 Å². The Hall–Kier alpha value is -2.28. The molecule has 1 aliphatic rings. The molecule has 2 aromatic rings. The van der Waals surface area contributed by atoms with E-state index < -0.39 is 0 Å². The molecule has 0 saturated heterocycles. The highest BCUT2D eigenvalue weighted by atomic mass is 16.5. The zero-order chi connectivity index (χ0) is 14.7. The molecule has 0 bridgehead atoms. The van der Waals surface area contributed by atoms with Gasteiger partial charge in [-0.05, 0) is 47.4 Å². The van der Waals surface area contributed by atoms with Gasteiger partial charge in [0.1, 0.15) is 6.33 Å². The van der Waals surface area contributed by atoms with E-state index in [-0.39, 0.29) is 11.9 Å². The first-order chi connectivity index (χ1) is 10.3. The molecule has 7 nitrogen and oxygen atoms in total. The minimum absolute atomic E-state index is 0.0826. The van der Waals surface area contributed by atoms with Gasteiger partial charge in [0, 0.05) is 12.7 Å². The largest absolute Gasteiger partial charge is 0.383 e. The van der Waals surface area contributed by atoms with Gasteiger partial charge < -0.3 is 10.1 Å². The molecule has 1 aromatic carbocycles. The summed E-state index contributed by atoms with van der Waals surface area (Å²) in [4.78, 5) is 12.4. The summed E-state index contributed by atoms with van der Waals surface area (Å²) < 4.78 is 6.70.